The van der Waals surface area contributed by atoms with Crippen LogP contribution in [0.25, 0.3) is 0 Å². The molecule has 3 atom stereocenters. The Hall–Kier alpha value is -0.333. The highest BCUT2D eigenvalue weighted by Gasteiger charge is 2.44. The van der Waals surface area contributed by atoms with Gasteiger partial charge in [0.25, 0.3) is 0 Å². The first-order chi connectivity index (χ1) is 11.8. The van der Waals surface area contributed by atoms with Gasteiger partial charge >= 0.3 is 7.60 Å². The van der Waals surface area contributed by atoms with Crippen molar-refractivity contribution in [3.63, 3.8) is 0 Å². The maximum atomic E-state index is 12.4. The van der Waals surface area contributed by atoms with Crippen LogP contribution in [-0.4, -0.2) is 46.9 Å². The molecule has 1 saturated carbocycles. The Labute approximate surface area is 159 Å². The third-order valence-electron chi connectivity index (χ3n) is 6.00. The number of carbonyl (C=O) groups is 2. The van der Waals surface area contributed by atoms with Gasteiger partial charge in [-0.1, -0.05) is 27.7 Å². The lowest BCUT2D eigenvalue weighted by Gasteiger charge is -2.38. The van der Waals surface area contributed by atoms with E-state index in [9.17, 15) is 14.2 Å². The summed E-state index contributed by atoms with van der Waals surface area (Å²) >= 11 is 0. The standard InChI is InChI=1S/C18H35O6PSi/c1-13-9-17(20)15(10-14(19)12-25(21,22-5)23-6)16(13)11-24-26(7,8)18(2,3)4/h13,15-16H,9-12H2,1-8H3/t13-,15?,16+/m1/s1. The van der Waals surface area contributed by atoms with Gasteiger partial charge in [0, 0.05) is 39.6 Å². The van der Waals surface area contributed by atoms with E-state index in [4.69, 9.17) is 13.5 Å². The molecule has 1 fully saturated rings. The highest BCUT2D eigenvalue weighted by molar-refractivity contribution is 7.54. The Kier molecular flexibility index (Phi) is 8.01. The predicted octanol–water partition coefficient (Wildman–Crippen LogP) is 4.29. The van der Waals surface area contributed by atoms with Gasteiger partial charge in [0.15, 0.2) is 8.32 Å². The minimum atomic E-state index is -3.40. The number of carbonyl (C=O) groups excluding carboxylic acids is 2. The fourth-order valence-corrected chi connectivity index (χ4v) is 5.06. The Bertz CT molecular complexity index is 561. The minimum absolute atomic E-state index is 0.0186. The summed E-state index contributed by atoms with van der Waals surface area (Å²) in [5.74, 6) is -0.336. The average Bonchev–Trinajstić information content (AvgIpc) is 2.77. The van der Waals surface area contributed by atoms with E-state index in [0.717, 1.165) is 0 Å². The van der Waals surface area contributed by atoms with Crippen LogP contribution in [0, 0.1) is 17.8 Å². The predicted molar refractivity (Wildman–Crippen MR) is 105 cm³/mol. The summed E-state index contributed by atoms with van der Waals surface area (Å²) in [5.41, 5.74) is 0. The van der Waals surface area contributed by atoms with Gasteiger partial charge in [-0.3, -0.25) is 14.2 Å². The second kappa shape index (κ2) is 8.78. The molecule has 6 nitrogen and oxygen atoms in total. The molecule has 8 heteroatoms. The Morgan fingerprint density at radius 3 is 2.23 bits per heavy atom. The molecule has 1 rings (SSSR count). The van der Waals surface area contributed by atoms with Crippen LogP contribution >= 0.6 is 7.60 Å². The van der Waals surface area contributed by atoms with Crippen LogP contribution in [0.1, 0.15) is 40.5 Å². The Morgan fingerprint density at radius 1 is 1.23 bits per heavy atom. The molecule has 1 unspecified atom stereocenters. The third kappa shape index (κ3) is 5.83. The molecule has 152 valence electrons. The number of hydrogen-bond acceptors (Lipinski definition) is 6. The summed E-state index contributed by atoms with van der Waals surface area (Å²) in [5, 5.41) is 0.0910. The molecular weight excluding hydrogens is 371 g/mol. The molecule has 0 saturated heterocycles. The molecular formula is C18H35O6PSi. The van der Waals surface area contributed by atoms with Crippen molar-refractivity contribution in [3.8, 4) is 0 Å². The molecule has 1 aliphatic rings. The summed E-state index contributed by atoms with van der Waals surface area (Å²) < 4.78 is 28.2. The van der Waals surface area contributed by atoms with Crippen LogP contribution in [0.3, 0.4) is 0 Å². The average molecular weight is 407 g/mol. The van der Waals surface area contributed by atoms with Gasteiger partial charge in [0.05, 0.1) is 0 Å². The fraction of sp³-hybridized carbons (Fsp3) is 0.889. The van der Waals surface area contributed by atoms with E-state index in [1.165, 1.54) is 14.2 Å². The normalized spacial score (nSPS) is 24.9. The van der Waals surface area contributed by atoms with Crippen LogP contribution in [0.5, 0.6) is 0 Å². The van der Waals surface area contributed by atoms with Gasteiger partial charge in [-0.05, 0) is 30.0 Å². The van der Waals surface area contributed by atoms with Crippen molar-refractivity contribution in [1.82, 2.24) is 0 Å². The second-order valence-electron chi connectivity index (χ2n) is 8.87. The molecule has 0 amide bonds. The lowest BCUT2D eigenvalue weighted by atomic mass is 9.88. The largest absolute Gasteiger partial charge is 0.417 e. The van der Waals surface area contributed by atoms with Crippen molar-refractivity contribution in [3.05, 3.63) is 0 Å². The smallest absolute Gasteiger partial charge is 0.337 e. The van der Waals surface area contributed by atoms with Crippen LogP contribution in [0.4, 0.5) is 0 Å². The van der Waals surface area contributed by atoms with E-state index in [0.29, 0.717) is 13.0 Å². The van der Waals surface area contributed by atoms with E-state index in [2.05, 4.69) is 33.9 Å². The monoisotopic (exact) mass is 406 g/mol. The molecule has 0 aromatic heterocycles. The van der Waals surface area contributed by atoms with Gasteiger partial charge in [-0.2, -0.15) is 0 Å². The molecule has 26 heavy (non-hydrogen) atoms. The lowest BCUT2D eigenvalue weighted by Crippen LogP contribution is -2.43. The highest BCUT2D eigenvalue weighted by Crippen LogP contribution is 2.47. The van der Waals surface area contributed by atoms with E-state index in [1.54, 1.807) is 0 Å². The first-order valence-corrected chi connectivity index (χ1v) is 13.8. The number of Topliss-reactive ketones (excluding diaryl/α,β-unsaturated/α-hetero) is 2. The van der Waals surface area contributed by atoms with Crippen LogP contribution < -0.4 is 0 Å². The Morgan fingerprint density at radius 2 is 1.77 bits per heavy atom. The van der Waals surface area contributed by atoms with Gasteiger partial charge in [0.1, 0.15) is 17.7 Å². The quantitative estimate of drug-likeness (QED) is 0.420. The highest BCUT2D eigenvalue weighted by atomic mass is 31.2. The molecule has 0 N–H and O–H groups in total. The van der Waals surface area contributed by atoms with E-state index >= 15 is 0 Å². The molecule has 0 aromatic carbocycles. The fourth-order valence-electron chi connectivity index (χ4n) is 3.05. The molecule has 0 aromatic rings. The summed E-state index contributed by atoms with van der Waals surface area (Å²) in [7, 11) is -2.80. The summed E-state index contributed by atoms with van der Waals surface area (Å²) in [6, 6.07) is 0. The van der Waals surface area contributed by atoms with Crippen molar-refractivity contribution in [2.75, 3.05) is 27.0 Å². The molecule has 0 heterocycles. The van der Waals surface area contributed by atoms with E-state index < -0.39 is 15.9 Å². The number of ketones is 2. The zero-order valence-electron chi connectivity index (χ0n) is 17.5. The van der Waals surface area contributed by atoms with Gasteiger partial charge in [-0.15, -0.1) is 0 Å². The molecule has 0 bridgehead atoms. The summed E-state index contributed by atoms with van der Waals surface area (Å²) in [4.78, 5) is 24.8. The van der Waals surface area contributed by atoms with Crippen LogP contribution in [-0.2, 0) is 27.6 Å². The van der Waals surface area contributed by atoms with Crippen LogP contribution in [0.15, 0.2) is 0 Å². The first-order valence-electron chi connectivity index (χ1n) is 9.15. The lowest BCUT2D eigenvalue weighted by molar-refractivity contribution is -0.126. The summed E-state index contributed by atoms with van der Waals surface area (Å²) in [6.07, 6.45) is 0.245. The minimum Gasteiger partial charge on any atom is -0.417 e. The zero-order valence-corrected chi connectivity index (χ0v) is 19.4. The van der Waals surface area contributed by atoms with Crippen molar-refractivity contribution in [2.45, 2.75) is 58.7 Å². The molecule has 1 aliphatic carbocycles. The van der Waals surface area contributed by atoms with Crippen molar-refractivity contribution >= 4 is 27.5 Å². The first kappa shape index (κ1) is 23.7. The maximum Gasteiger partial charge on any atom is 0.337 e. The topological polar surface area (TPSA) is 78.9 Å². The number of hydrogen-bond donors (Lipinski definition) is 0. The molecule has 0 spiro atoms. The zero-order chi connectivity index (χ0) is 20.3. The Balaban J connectivity index is 2.80. The van der Waals surface area contributed by atoms with Gasteiger partial charge in [0.2, 0.25) is 0 Å². The van der Waals surface area contributed by atoms with E-state index in [1.807, 2.05) is 6.92 Å². The third-order valence-corrected chi connectivity index (χ3v) is 12.4. The van der Waals surface area contributed by atoms with Crippen molar-refractivity contribution in [1.29, 1.82) is 0 Å². The van der Waals surface area contributed by atoms with Crippen LogP contribution in [0.2, 0.25) is 18.1 Å². The maximum absolute atomic E-state index is 12.4. The summed E-state index contributed by atoms with van der Waals surface area (Å²) in [6.45, 7) is 13.4. The van der Waals surface area contributed by atoms with Gasteiger partial charge < -0.3 is 13.5 Å². The number of rotatable bonds is 9. The molecule has 0 aliphatic heterocycles. The van der Waals surface area contributed by atoms with Crippen molar-refractivity contribution in [2.24, 2.45) is 17.8 Å². The molecule has 0 radical (unpaired) electrons. The SMILES string of the molecule is COP(=O)(CC(=O)CC1C(=O)C[C@@H](C)[C@@H]1CO[Si](C)(C)C(C)(C)C)OC. The van der Waals surface area contributed by atoms with Crippen molar-refractivity contribution < 1.29 is 27.6 Å². The van der Waals surface area contributed by atoms with Gasteiger partial charge in [-0.25, -0.2) is 0 Å². The second-order valence-corrected chi connectivity index (χ2v) is 15.9. The van der Waals surface area contributed by atoms with E-state index in [-0.39, 0.29) is 46.9 Å².